The normalized spacial score (nSPS) is 15.4. The van der Waals surface area contributed by atoms with Crippen molar-refractivity contribution < 1.29 is 9.52 Å². The average Bonchev–Trinajstić information content (AvgIpc) is 3.11. The summed E-state index contributed by atoms with van der Waals surface area (Å²) in [5, 5.41) is 22.0. The van der Waals surface area contributed by atoms with Gasteiger partial charge in [0.25, 0.3) is 0 Å². The second kappa shape index (κ2) is 9.28. The molecule has 2 aromatic heterocycles. The molecule has 7 heteroatoms. The number of aromatic nitrogens is 2. The Hall–Kier alpha value is -2.28. The summed E-state index contributed by atoms with van der Waals surface area (Å²) < 4.78 is 7.60. The van der Waals surface area contributed by atoms with E-state index < -0.39 is 5.60 Å². The molecule has 28 heavy (non-hydrogen) atoms. The summed E-state index contributed by atoms with van der Waals surface area (Å²) >= 11 is 0. The van der Waals surface area contributed by atoms with Crippen LogP contribution in [0.2, 0.25) is 0 Å². The Morgan fingerprint density at radius 3 is 2.54 bits per heavy atom. The van der Waals surface area contributed by atoms with E-state index in [9.17, 15) is 5.11 Å². The van der Waals surface area contributed by atoms with Crippen molar-refractivity contribution in [1.29, 1.82) is 0 Å². The number of aryl methyl sites for hydroxylation is 4. The molecule has 0 saturated heterocycles. The fourth-order valence-corrected chi connectivity index (χ4v) is 3.32. The molecule has 0 aliphatic rings. The van der Waals surface area contributed by atoms with Gasteiger partial charge < -0.3 is 20.2 Å². The van der Waals surface area contributed by atoms with E-state index in [0.29, 0.717) is 11.9 Å². The van der Waals surface area contributed by atoms with Crippen molar-refractivity contribution in [2.45, 2.75) is 60.6 Å². The molecule has 7 nitrogen and oxygen atoms in total. The Morgan fingerprint density at radius 2 is 2.00 bits per heavy atom. The first-order chi connectivity index (χ1) is 13.1. The molecular weight excluding hydrogens is 354 g/mol. The first-order valence-electron chi connectivity index (χ1n) is 9.95. The van der Waals surface area contributed by atoms with E-state index >= 15 is 0 Å². The van der Waals surface area contributed by atoms with E-state index in [2.05, 4.69) is 40.6 Å². The number of guanidine groups is 1. The zero-order chi connectivity index (χ0) is 20.9. The number of aliphatic imine (C=N–C) groups is 1. The van der Waals surface area contributed by atoms with Crippen LogP contribution >= 0.6 is 0 Å². The number of furan rings is 1. The van der Waals surface area contributed by atoms with Gasteiger partial charge >= 0.3 is 0 Å². The summed E-state index contributed by atoms with van der Waals surface area (Å²) in [6, 6.07) is 3.97. The molecule has 2 atom stereocenters. The highest BCUT2D eigenvalue weighted by molar-refractivity contribution is 5.79. The van der Waals surface area contributed by atoms with Gasteiger partial charge in [-0.1, -0.05) is 6.92 Å². The van der Waals surface area contributed by atoms with Crippen LogP contribution in [-0.2, 0) is 12.1 Å². The molecule has 0 aromatic carbocycles. The molecule has 2 rings (SSSR count). The lowest BCUT2D eigenvalue weighted by atomic mass is 9.96. The summed E-state index contributed by atoms with van der Waals surface area (Å²) in [5.41, 5.74) is 1.91. The second-order valence-corrected chi connectivity index (χ2v) is 7.89. The minimum atomic E-state index is -1.08. The van der Waals surface area contributed by atoms with Crippen molar-refractivity contribution in [3.8, 4) is 0 Å². The Labute approximate surface area is 168 Å². The lowest BCUT2D eigenvalue weighted by Gasteiger charge is -2.22. The third-order valence-corrected chi connectivity index (χ3v) is 4.72. The number of nitrogens with one attached hydrogen (secondary N) is 2. The molecule has 156 valence electrons. The van der Waals surface area contributed by atoms with Crippen LogP contribution in [0.1, 0.15) is 49.2 Å². The van der Waals surface area contributed by atoms with Crippen molar-refractivity contribution in [1.82, 2.24) is 20.4 Å². The lowest BCUT2D eigenvalue weighted by molar-refractivity contribution is 0.0657. The largest absolute Gasteiger partial charge is 0.466 e. The van der Waals surface area contributed by atoms with Crippen LogP contribution in [0.15, 0.2) is 21.5 Å². The Kier molecular flexibility index (Phi) is 7.29. The topological polar surface area (TPSA) is 87.6 Å². The zero-order valence-electron chi connectivity index (χ0n) is 18.3. The standard InChI is InChI=1S/C21H35N5O2/c1-8-22-20(23-11-14(2)12-26-16(4)9-15(3)25-26)24-13-21(7,27)19-10-17(5)28-18(19)6/h9-10,14,27H,8,11-13H2,1-7H3,(H2,22,23,24). The minimum Gasteiger partial charge on any atom is -0.466 e. The number of aliphatic hydroxyl groups is 1. The van der Waals surface area contributed by atoms with Crippen LogP contribution in [0.4, 0.5) is 0 Å². The van der Waals surface area contributed by atoms with Gasteiger partial charge in [0.2, 0.25) is 0 Å². The summed E-state index contributed by atoms with van der Waals surface area (Å²) in [4.78, 5) is 4.59. The van der Waals surface area contributed by atoms with E-state index in [4.69, 9.17) is 4.42 Å². The van der Waals surface area contributed by atoms with Crippen LogP contribution in [0.5, 0.6) is 0 Å². The lowest BCUT2D eigenvalue weighted by Crippen LogP contribution is -2.41. The van der Waals surface area contributed by atoms with Gasteiger partial charge in [-0.15, -0.1) is 0 Å². The summed E-state index contributed by atoms with van der Waals surface area (Å²) in [6.45, 7) is 16.4. The van der Waals surface area contributed by atoms with Crippen LogP contribution in [0.3, 0.4) is 0 Å². The fourth-order valence-electron chi connectivity index (χ4n) is 3.32. The molecule has 2 heterocycles. The van der Waals surface area contributed by atoms with Crippen LogP contribution < -0.4 is 10.6 Å². The first-order valence-corrected chi connectivity index (χ1v) is 9.95. The minimum absolute atomic E-state index is 0.244. The molecule has 0 radical (unpaired) electrons. The monoisotopic (exact) mass is 389 g/mol. The van der Waals surface area contributed by atoms with Gasteiger partial charge in [0, 0.05) is 30.9 Å². The molecule has 0 amide bonds. The highest BCUT2D eigenvalue weighted by atomic mass is 16.3. The third-order valence-electron chi connectivity index (χ3n) is 4.72. The van der Waals surface area contributed by atoms with Gasteiger partial charge in [-0.05, 0) is 59.6 Å². The quantitative estimate of drug-likeness (QED) is 0.477. The van der Waals surface area contributed by atoms with Gasteiger partial charge in [-0.3, -0.25) is 4.68 Å². The number of rotatable bonds is 8. The first kappa shape index (κ1) is 22.0. The second-order valence-electron chi connectivity index (χ2n) is 7.89. The molecule has 0 saturated carbocycles. The molecule has 0 aliphatic carbocycles. The summed E-state index contributed by atoms with van der Waals surface area (Å²) in [7, 11) is 0. The van der Waals surface area contributed by atoms with Crippen molar-refractivity contribution in [2.75, 3.05) is 19.6 Å². The summed E-state index contributed by atoms with van der Waals surface area (Å²) in [5.74, 6) is 2.59. The van der Waals surface area contributed by atoms with Gasteiger partial charge in [0.05, 0.1) is 12.2 Å². The molecule has 3 N–H and O–H groups in total. The smallest absolute Gasteiger partial charge is 0.191 e. The van der Waals surface area contributed by atoms with Crippen molar-refractivity contribution >= 4 is 5.96 Å². The molecule has 0 aliphatic heterocycles. The summed E-state index contributed by atoms with van der Waals surface area (Å²) in [6.07, 6.45) is 0. The van der Waals surface area contributed by atoms with Gasteiger partial charge in [0.1, 0.15) is 17.1 Å². The SMILES string of the molecule is CCNC(=NCC(C)(O)c1cc(C)oc1C)NCC(C)Cn1nc(C)cc1C. The highest BCUT2D eigenvalue weighted by Gasteiger charge is 2.27. The van der Waals surface area contributed by atoms with E-state index in [1.165, 1.54) is 5.69 Å². The van der Waals surface area contributed by atoms with E-state index in [0.717, 1.165) is 42.4 Å². The van der Waals surface area contributed by atoms with E-state index in [-0.39, 0.29) is 6.54 Å². The zero-order valence-corrected chi connectivity index (χ0v) is 18.3. The number of nitrogens with zero attached hydrogens (tertiary/aromatic N) is 3. The van der Waals surface area contributed by atoms with E-state index in [1.54, 1.807) is 6.92 Å². The molecule has 0 bridgehead atoms. The van der Waals surface area contributed by atoms with Gasteiger partial charge in [-0.25, -0.2) is 4.99 Å². The molecule has 0 spiro atoms. The van der Waals surface area contributed by atoms with Gasteiger partial charge in [0.15, 0.2) is 5.96 Å². The molecular formula is C21H35N5O2. The predicted molar refractivity (Wildman–Crippen MR) is 113 cm³/mol. The van der Waals surface area contributed by atoms with Crippen molar-refractivity contribution in [3.05, 3.63) is 40.6 Å². The number of hydrogen-bond acceptors (Lipinski definition) is 4. The fraction of sp³-hybridized carbons (Fsp3) is 0.619. The Bertz CT molecular complexity index is 804. The Morgan fingerprint density at radius 1 is 1.29 bits per heavy atom. The number of hydrogen-bond donors (Lipinski definition) is 3. The highest BCUT2D eigenvalue weighted by Crippen LogP contribution is 2.27. The van der Waals surface area contributed by atoms with E-state index in [1.807, 2.05) is 38.4 Å². The molecule has 0 fully saturated rings. The maximum atomic E-state index is 10.9. The van der Waals surface area contributed by atoms with Gasteiger partial charge in [-0.2, -0.15) is 5.10 Å². The van der Waals surface area contributed by atoms with Crippen molar-refractivity contribution in [2.24, 2.45) is 10.9 Å². The third kappa shape index (κ3) is 5.86. The van der Waals surface area contributed by atoms with Crippen LogP contribution in [-0.4, -0.2) is 40.5 Å². The Balaban J connectivity index is 1.97. The molecule has 2 unspecified atom stereocenters. The molecule has 2 aromatic rings. The van der Waals surface area contributed by atoms with Crippen molar-refractivity contribution in [3.63, 3.8) is 0 Å². The van der Waals surface area contributed by atoms with Crippen LogP contribution in [0.25, 0.3) is 0 Å². The maximum absolute atomic E-state index is 10.9. The average molecular weight is 390 g/mol. The van der Waals surface area contributed by atoms with Crippen LogP contribution in [0, 0.1) is 33.6 Å². The maximum Gasteiger partial charge on any atom is 0.191 e. The predicted octanol–water partition coefficient (Wildman–Crippen LogP) is 2.81.